The lowest BCUT2D eigenvalue weighted by Gasteiger charge is -2.21. The van der Waals surface area contributed by atoms with Crippen LogP contribution < -0.4 is 0 Å². The minimum absolute atomic E-state index is 0.689. The van der Waals surface area contributed by atoms with Gasteiger partial charge in [-0.3, -0.25) is 0 Å². The van der Waals surface area contributed by atoms with Crippen LogP contribution in [-0.2, 0) is 20.4 Å². The molecule has 1 aliphatic rings. The average Bonchev–Trinajstić information content (AvgIpc) is 3.24. The summed E-state index contributed by atoms with van der Waals surface area (Å²) in [6.07, 6.45) is 3.33. The first-order valence-corrected chi connectivity index (χ1v) is 12.3. The molecule has 6 heteroatoms. The highest BCUT2D eigenvalue weighted by molar-refractivity contribution is 7.94. The van der Waals surface area contributed by atoms with E-state index in [1.165, 1.54) is 30.2 Å². The van der Waals surface area contributed by atoms with E-state index in [-0.39, 0.29) is 0 Å². The molecule has 3 aromatic carbocycles. The Balaban J connectivity index is 1.35. The van der Waals surface area contributed by atoms with Gasteiger partial charge in [-0.1, -0.05) is 48.0 Å². The van der Waals surface area contributed by atoms with E-state index in [0.717, 1.165) is 70.2 Å². The molecule has 4 aromatic rings. The summed E-state index contributed by atoms with van der Waals surface area (Å²) in [4.78, 5) is 9.19. The maximum Gasteiger partial charge on any atom is 0.0725 e. The van der Waals surface area contributed by atoms with Crippen LogP contribution in [0.25, 0.3) is 33.2 Å². The van der Waals surface area contributed by atoms with Crippen LogP contribution in [0.15, 0.2) is 71.6 Å². The highest BCUT2D eigenvalue weighted by atomic mass is 35.5. The number of hydrogen-bond acceptors (Lipinski definition) is 4. The molecule has 33 heavy (non-hydrogen) atoms. The summed E-state index contributed by atoms with van der Waals surface area (Å²) in [6.45, 7) is 1.75. The van der Waals surface area contributed by atoms with Gasteiger partial charge in [-0.15, -0.1) is 0 Å². The number of halogens is 1. The molecule has 4 nitrogen and oxygen atoms in total. The van der Waals surface area contributed by atoms with Crippen LogP contribution in [-0.4, -0.2) is 25.3 Å². The zero-order chi connectivity index (χ0) is 22.6. The Morgan fingerprint density at radius 1 is 0.939 bits per heavy atom. The van der Waals surface area contributed by atoms with Gasteiger partial charge in [-0.25, -0.2) is 4.89 Å². The fourth-order valence-corrected chi connectivity index (χ4v) is 5.09. The molecule has 1 aliphatic heterocycles. The topological polar surface area (TPSA) is 43.5 Å². The number of benzene rings is 3. The number of rotatable bonds is 7. The molecule has 0 bridgehead atoms. The zero-order valence-corrected chi connectivity index (χ0v) is 20.0. The Labute approximate surface area is 203 Å². The second-order valence-electron chi connectivity index (χ2n) is 8.39. The number of nitrogens with one attached hydrogen (secondary N) is 1. The van der Waals surface area contributed by atoms with Gasteiger partial charge in [0.1, 0.15) is 0 Å². The number of ether oxygens (including phenoxy) is 1. The first-order chi connectivity index (χ1) is 16.2. The van der Waals surface area contributed by atoms with Crippen molar-refractivity contribution in [2.75, 3.05) is 20.3 Å². The molecular weight excluding hydrogens is 454 g/mol. The smallest absolute Gasteiger partial charge is 0.0725 e. The van der Waals surface area contributed by atoms with E-state index in [0.29, 0.717) is 5.92 Å². The second kappa shape index (κ2) is 10.3. The van der Waals surface area contributed by atoms with E-state index < -0.39 is 0 Å². The Morgan fingerprint density at radius 3 is 2.30 bits per heavy atom. The Morgan fingerprint density at radius 2 is 1.61 bits per heavy atom. The molecule has 0 aliphatic carbocycles. The number of fused-ring (bicyclic) bond motifs is 1. The summed E-state index contributed by atoms with van der Waals surface area (Å²) in [6, 6.07) is 23.2. The molecule has 1 fully saturated rings. The molecule has 2 heterocycles. The summed E-state index contributed by atoms with van der Waals surface area (Å²) in [5.74, 6) is 0.689. The normalized spacial score (nSPS) is 14.7. The fourth-order valence-electron chi connectivity index (χ4n) is 4.43. The van der Waals surface area contributed by atoms with E-state index in [1.807, 2.05) is 18.2 Å². The number of aromatic amines is 1. The summed E-state index contributed by atoms with van der Waals surface area (Å²) in [5, 5.41) is 1.96. The minimum Gasteiger partial charge on any atom is -0.381 e. The van der Waals surface area contributed by atoms with Gasteiger partial charge in [0.05, 0.1) is 24.2 Å². The molecule has 1 N–H and O–H groups in total. The lowest BCUT2D eigenvalue weighted by Crippen LogP contribution is -2.17. The van der Waals surface area contributed by atoms with Crippen LogP contribution in [0, 0.1) is 5.92 Å². The van der Waals surface area contributed by atoms with Crippen molar-refractivity contribution in [2.45, 2.75) is 24.2 Å². The molecule has 1 saturated heterocycles. The lowest BCUT2D eigenvalue weighted by molar-refractivity contribution is -0.160. The van der Waals surface area contributed by atoms with Crippen molar-refractivity contribution in [3.05, 3.63) is 77.4 Å². The molecular formula is C27H26ClNO3S. The van der Waals surface area contributed by atoms with Gasteiger partial charge in [0.15, 0.2) is 0 Å². The molecule has 0 unspecified atom stereocenters. The van der Waals surface area contributed by atoms with E-state index in [9.17, 15) is 0 Å². The van der Waals surface area contributed by atoms with Gasteiger partial charge in [0, 0.05) is 40.3 Å². The predicted molar refractivity (Wildman–Crippen MR) is 135 cm³/mol. The first kappa shape index (κ1) is 22.5. The van der Waals surface area contributed by atoms with E-state index >= 15 is 0 Å². The minimum atomic E-state index is 0.689. The maximum atomic E-state index is 6.69. The van der Waals surface area contributed by atoms with Crippen molar-refractivity contribution >= 4 is 34.5 Å². The Hall–Kier alpha value is -2.28. The summed E-state index contributed by atoms with van der Waals surface area (Å²) >= 11 is 7.89. The van der Waals surface area contributed by atoms with Crippen LogP contribution in [0.4, 0.5) is 0 Å². The molecule has 0 spiro atoms. The number of aromatic nitrogens is 1. The number of hydrogen-bond donors (Lipinski definition) is 1. The molecule has 5 rings (SSSR count). The van der Waals surface area contributed by atoms with Gasteiger partial charge in [-0.05, 0) is 72.2 Å². The van der Waals surface area contributed by atoms with Crippen LogP contribution in [0.2, 0.25) is 5.02 Å². The van der Waals surface area contributed by atoms with Crippen molar-refractivity contribution in [3.63, 3.8) is 0 Å². The summed E-state index contributed by atoms with van der Waals surface area (Å²) < 4.78 is 10.4. The van der Waals surface area contributed by atoms with E-state index in [2.05, 4.69) is 58.4 Å². The van der Waals surface area contributed by atoms with Crippen LogP contribution in [0.3, 0.4) is 0 Å². The third-order valence-corrected chi connectivity index (χ3v) is 7.18. The highest BCUT2D eigenvalue weighted by Crippen LogP contribution is 2.34. The van der Waals surface area contributed by atoms with Crippen LogP contribution >= 0.6 is 23.6 Å². The fraction of sp³-hybridized carbons (Fsp3) is 0.259. The molecule has 0 saturated carbocycles. The maximum absolute atomic E-state index is 6.69. The zero-order valence-electron chi connectivity index (χ0n) is 18.5. The van der Waals surface area contributed by atoms with Crippen LogP contribution in [0.5, 0.6) is 0 Å². The SMILES string of the molecule is COOSc1ccc(-c2ccc(-c3cc4cc(CC5CCOCC5)[nH]c4cc3Cl)cc2)cc1. The van der Waals surface area contributed by atoms with Gasteiger partial charge in [0.25, 0.3) is 0 Å². The van der Waals surface area contributed by atoms with Crippen molar-refractivity contribution < 1.29 is 14.0 Å². The van der Waals surface area contributed by atoms with Crippen LogP contribution in [0.1, 0.15) is 18.5 Å². The molecule has 1 aromatic heterocycles. The lowest BCUT2D eigenvalue weighted by atomic mass is 9.95. The monoisotopic (exact) mass is 479 g/mol. The van der Waals surface area contributed by atoms with Gasteiger partial charge >= 0.3 is 0 Å². The molecule has 170 valence electrons. The second-order valence-corrected chi connectivity index (χ2v) is 9.57. The molecule has 0 radical (unpaired) electrons. The standard InChI is InChI=1S/C27H26ClNO3S/c1-30-32-33-24-8-6-20(7-9-24)19-2-4-21(5-3-19)25-16-22-15-23(29-27(22)17-26(25)28)14-18-10-12-31-13-11-18/h2-9,15-18,29H,10-14H2,1H3. The molecule has 0 atom stereocenters. The number of H-pyrrole nitrogens is 1. The van der Waals surface area contributed by atoms with E-state index in [4.69, 9.17) is 20.7 Å². The Bertz CT molecular complexity index is 1210. The highest BCUT2D eigenvalue weighted by Gasteiger charge is 2.16. The third-order valence-electron chi connectivity index (χ3n) is 6.20. The Kier molecular flexibility index (Phi) is 7.04. The van der Waals surface area contributed by atoms with Gasteiger partial charge in [0.2, 0.25) is 0 Å². The van der Waals surface area contributed by atoms with Crippen molar-refractivity contribution in [1.29, 1.82) is 0 Å². The van der Waals surface area contributed by atoms with Crippen molar-refractivity contribution in [3.8, 4) is 22.3 Å². The van der Waals surface area contributed by atoms with Gasteiger partial charge < -0.3 is 9.72 Å². The largest absolute Gasteiger partial charge is 0.381 e. The summed E-state index contributed by atoms with van der Waals surface area (Å²) in [5.41, 5.74) is 6.83. The summed E-state index contributed by atoms with van der Waals surface area (Å²) in [7, 11) is 1.50. The quantitative estimate of drug-likeness (QED) is 0.167. The first-order valence-electron chi connectivity index (χ1n) is 11.2. The van der Waals surface area contributed by atoms with Crippen molar-refractivity contribution in [2.24, 2.45) is 5.92 Å². The molecule has 0 amide bonds. The predicted octanol–water partition coefficient (Wildman–Crippen LogP) is 7.71. The average molecular weight is 480 g/mol. The van der Waals surface area contributed by atoms with Crippen molar-refractivity contribution in [1.82, 2.24) is 4.98 Å². The third kappa shape index (κ3) is 5.29. The van der Waals surface area contributed by atoms with E-state index in [1.54, 1.807) is 0 Å². The van der Waals surface area contributed by atoms with Gasteiger partial charge in [-0.2, -0.15) is 4.33 Å².